The van der Waals surface area contributed by atoms with Crippen LogP contribution in [0.1, 0.15) is 75.3 Å². The highest BCUT2D eigenvalue weighted by molar-refractivity contribution is 5.93. The molecule has 0 saturated heterocycles. The SMILES string of the molecule is CCCCCN(C(=O)C(Cc1ccccc1)NC(=O)OC(C)(C)C)C(C(=O)NCC(=O)OC)c1cccc(C)c1C. The van der Waals surface area contributed by atoms with E-state index in [4.69, 9.17) is 9.47 Å². The number of alkyl carbamates (subject to hydrolysis) is 1. The van der Waals surface area contributed by atoms with Crippen molar-refractivity contribution in [2.45, 2.75) is 84.9 Å². The Morgan fingerprint density at radius 3 is 2.24 bits per heavy atom. The zero-order valence-corrected chi connectivity index (χ0v) is 25.4. The Morgan fingerprint density at radius 2 is 1.63 bits per heavy atom. The number of carbonyl (C=O) groups is 4. The zero-order valence-electron chi connectivity index (χ0n) is 25.4. The van der Waals surface area contributed by atoms with Crippen molar-refractivity contribution >= 4 is 23.9 Å². The number of aryl methyl sites for hydroxylation is 1. The van der Waals surface area contributed by atoms with Gasteiger partial charge in [-0.1, -0.05) is 68.3 Å². The monoisotopic (exact) mass is 567 g/mol. The highest BCUT2D eigenvalue weighted by Crippen LogP contribution is 2.28. The summed E-state index contributed by atoms with van der Waals surface area (Å²) in [5.74, 6) is -1.53. The van der Waals surface area contributed by atoms with E-state index < -0.39 is 41.6 Å². The van der Waals surface area contributed by atoms with E-state index in [1.807, 2.05) is 62.4 Å². The molecule has 0 spiro atoms. The molecule has 3 amide bonds. The van der Waals surface area contributed by atoms with Gasteiger partial charge in [0.2, 0.25) is 11.8 Å². The van der Waals surface area contributed by atoms with Gasteiger partial charge < -0.3 is 25.0 Å². The number of amides is 3. The fraction of sp³-hybridized carbons (Fsp3) is 0.500. The molecule has 2 rings (SSSR count). The topological polar surface area (TPSA) is 114 Å². The number of nitrogens with one attached hydrogen (secondary N) is 2. The molecule has 2 N–H and O–H groups in total. The number of unbranched alkanes of at least 4 members (excludes halogenated alkanes) is 2. The Hall–Kier alpha value is -3.88. The molecule has 2 aromatic rings. The number of esters is 1. The first kappa shape index (κ1) is 33.3. The molecular formula is C32H45N3O6. The Balaban J connectivity index is 2.60. The van der Waals surface area contributed by atoms with Crippen molar-refractivity contribution in [1.29, 1.82) is 0 Å². The summed E-state index contributed by atoms with van der Waals surface area (Å²) in [7, 11) is 1.24. The van der Waals surface area contributed by atoms with Crippen LogP contribution in [0.25, 0.3) is 0 Å². The van der Waals surface area contributed by atoms with Crippen LogP contribution in [-0.2, 0) is 30.3 Å². The average molecular weight is 568 g/mol. The van der Waals surface area contributed by atoms with Crippen molar-refractivity contribution in [2.75, 3.05) is 20.2 Å². The van der Waals surface area contributed by atoms with E-state index in [0.717, 1.165) is 29.5 Å². The first-order chi connectivity index (χ1) is 19.4. The van der Waals surface area contributed by atoms with E-state index in [1.54, 1.807) is 20.8 Å². The van der Waals surface area contributed by atoms with Gasteiger partial charge in [0.15, 0.2) is 0 Å². The van der Waals surface area contributed by atoms with Crippen LogP contribution in [0.3, 0.4) is 0 Å². The Morgan fingerprint density at radius 1 is 0.951 bits per heavy atom. The maximum Gasteiger partial charge on any atom is 0.408 e. The van der Waals surface area contributed by atoms with E-state index in [9.17, 15) is 19.2 Å². The van der Waals surface area contributed by atoms with Gasteiger partial charge in [-0.25, -0.2) is 4.79 Å². The maximum absolute atomic E-state index is 14.4. The van der Waals surface area contributed by atoms with E-state index in [-0.39, 0.29) is 19.5 Å². The number of hydrogen-bond donors (Lipinski definition) is 2. The first-order valence-electron chi connectivity index (χ1n) is 14.1. The molecule has 9 nitrogen and oxygen atoms in total. The smallest absolute Gasteiger partial charge is 0.408 e. The molecule has 0 aliphatic heterocycles. The molecule has 0 aliphatic carbocycles. The largest absolute Gasteiger partial charge is 0.468 e. The lowest BCUT2D eigenvalue weighted by Gasteiger charge is -2.35. The summed E-state index contributed by atoms with van der Waals surface area (Å²) in [5, 5.41) is 5.41. The molecule has 0 heterocycles. The molecule has 0 bridgehead atoms. The van der Waals surface area contributed by atoms with Gasteiger partial charge >= 0.3 is 12.1 Å². The van der Waals surface area contributed by atoms with Crippen LogP contribution in [0.4, 0.5) is 4.79 Å². The minimum atomic E-state index is -1.04. The van der Waals surface area contributed by atoms with Gasteiger partial charge in [-0.15, -0.1) is 0 Å². The van der Waals surface area contributed by atoms with Crippen LogP contribution >= 0.6 is 0 Å². The van der Waals surface area contributed by atoms with Gasteiger partial charge in [-0.05, 0) is 63.3 Å². The second kappa shape index (κ2) is 15.8. The molecule has 0 radical (unpaired) electrons. The van der Waals surface area contributed by atoms with E-state index in [1.165, 1.54) is 12.0 Å². The second-order valence-electron chi connectivity index (χ2n) is 11.1. The first-order valence-corrected chi connectivity index (χ1v) is 14.1. The van der Waals surface area contributed by atoms with Crippen LogP contribution in [0.5, 0.6) is 0 Å². The Kier molecular flexibility index (Phi) is 12.8. The summed E-state index contributed by atoms with van der Waals surface area (Å²) in [6.07, 6.45) is 1.88. The van der Waals surface area contributed by atoms with Gasteiger partial charge in [0.05, 0.1) is 7.11 Å². The number of carbonyl (C=O) groups excluding carboxylic acids is 4. The van der Waals surface area contributed by atoms with Crippen molar-refractivity contribution in [3.63, 3.8) is 0 Å². The minimum absolute atomic E-state index is 0.201. The predicted octanol–water partition coefficient (Wildman–Crippen LogP) is 4.79. The molecule has 2 unspecified atom stereocenters. The Labute approximate surface area is 244 Å². The summed E-state index contributed by atoms with van der Waals surface area (Å²) < 4.78 is 10.2. The number of rotatable bonds is 13. The fourth-order valence-electron chi connectivity index (χ4n) is 4.45. The van der Waals surface area contributed by atoms with E-state index >= 15 is 0 Å². The lowest BCUT2D eigenvalue weighted by molar-refractivity contribution is -0.144. The third kappa shape index (κ3) is 10.6. The van der Waals surface area contributed by atoms with Crippen LogP contribution < -0.4 is 10.6 Å². The molecule has 2 aromatic carbocycles. The molecule has 0 fully saturated rings. The van der Waals surface area contributed by atoms with Crippen molar-refractivity contribution < 1.29 is 28.7 Å². The molecule has 41 heavy (non-hydrogen) atoms. The van der Waals surface area contributed by atoms with Gasteiger partial charge in [0.25, 0.3) is 0 Å². The highest BCUT2D eigenvalue weighted by Gasteiger charge is 2.37. The third-order valence-corrected chi connectivity index (χ3v) is 6.69. The van der Waals surface area contributed by atoms with Crippen LogP contribution in [-0.4, -0.2) is 60.6 Å². The third-order valence-electron chi connectivity index (χ3n) is 6.69. The van der Waals surface area contributed by atoms with Crippen LogP contribution in [0.2, 0.25) is 0 Å². The number of methoxy groups -OCH3 is 1. The van der Waals surface area contributed by atoms with Gasteiger partial charge in [-0.3, -0.25) is 14.4 Å². The maximum atomic E-state index is 14.4. The number of nitrogens with zero attached hydrogens (tertiary/aromatic N) is 1. The zero-order chi connectivity index (χ0) is 30.6. The summed E-state index contributed by atoms with van der Waals surface area (Å²) in [4.78, 5) is 54.5. The fourth-order valence-corrected chi connectivity index (χ4v) is 4.45. The molecule has 224 valence electrons. The molecular weight excluding hydrogens is 522 g/mol. The lowest BCUT2D eigenvalue weighted by Crippen LogP contribution is -2.54. The van der Waals surface area contributed by atoms with Crippen molar-refractivity contribution in [3.05, 3.63) is 70.8 Å². The predicted molar refractivity (Wildman–Crippen MR) is 158 cm³/mol. The van der Waals surface area contributed by atoms with Crippen LogP contribution in [0, 0.1) is 13.8 Å². The average Bonchev–Trinajstić information content (AvgIpc) is 2.92. The molecule has 2 atom stereocenters. The second-order valence-corrected chi connectivity index (χ2v) is 11.1. The quantitative estimate of drug-likeness (QED) is 0.266. The van der Waals surface area contributed by atoms with Gasteiger partial charge in [-0.2, -0.15) is 0 Å². The molecule has 0 aromatic heterocycles. The van der Waals surface area contributed by atoms with E-state index in [0.29, 0.717) is 12.0 Å². The summed E-state index contributed by atoms with van der Waals surface area (Å²) in [6, 6.07) is 12.9. The molecule has 0 aliphatic rings. The standard InChI is InChI=1S/C32H45N3O6/c1-8-9-13-19-35(28(29(37)33-21-27(36)40-7)25-18-14-15-22(2)23(25)3)30(38)26(20-24-16-11-10-12-17-24)34-31(39)41-32(4,5)6/h10-12,14-18,26,28H,8-9,13,19-21H2,1-7H3,(H,33,37)(H,34,39). The number of benzene rings is 2. The van der Waals surface area contributed by atoms with Crippen molar-refractivity contribution in [3.8, 4) is 0 Å². The number of ether oxygens (including phenoxy) is 2. The minimum Gasteiger partial charge on any atom is -0.468 e. The molecule has 9 heteroatoms. The summed E-state index contributed by atoms with van der Waals surface area (Å²) >= 11 is 0. The molecule has 0 saturated carbocycles. The van der Waals surface area contributed by atoms with Crippen molar-refractivity contribution in [2.24, 2.45) is 0 Å². The normalized spacial score (nSPS) is 12.6. The van der Waals surface area contributed by atoms with E-state index in [2.05, 4.69) is 17.6 Å². The van der Waals surface area contributed by atoms with Gasteiger partial charge in [0, 0.05) is 13.0 Å². The van der Waals surface area contributed by atoms with Crippen LogP contribution in [0.15, 0.2) is 48.5 Å². The van der Waals surface area contributed by atoms with Gasteiger partial charge in [0.1, 0.15) is 24.2 Å². The lowest BCUT2D eigenvalue weighted by atomic mass is 9.94. The number of hydrogen-bond acceptors (Lipinski definition) is 6. The summed E-state index contributed by atoms with van der Waals surface area (Å²) in [5.41, 5.74) is 2.54. The highest BCUT2D eigenvalue weighted by atomic mass is 16.6. The van der Waals surface area contributed by atoms with Crippen molar-refractivity contribution in [1.82, 2.24) is 15.5 Å². The summed E-state index contributed by atoms with van der Waals surface area (Å²) in [6.45, 7) is 11.1. The Bertz CT molecular complexity index is 1180.